The van der Waals surface area contributed by atoms with Crippen LogP contribution in [0.3, 0.4) is 0 Å². The molecule has 6 heteroatoms. The van der Waals surface area contributed by atoms with Gasteiger partial charge in [-0.1, -0.05) is 61.9 Å². The van der Waals surface area contributed by atoms with Crippen molar-refractivity contribution >= 4 is 10.8 Å². The zero-order valence-corrected chi connectivity index (χ0v) is 17.8. The van der Waals surface area contributed by atoms with Gasteiger partial charge in [-0.25, -0.2) is 13.2 Å². The Labute approximate surface area is 188 Å². The Balaban J connectivity index is 1.66. The summed E-state index contributed by atoms with van der Waals surface area (Å²) in [6.07, 6.45) is 3.06. The van der Waals surface area contributed by atoms with Crippen LogP contribution in [0.5, 0.6) is 5.75 Å². The fourth-order valence-electron chi connectivity index (χ4n) is 3.88. The molecular formula is C27H21F5O. The number of hydrogen-bond acceptors (Lipinski definition) is 1. The van der Waals surface area contributed by atoms with E-state index >= 15 is 4.39 Å². The third kappa shape index (κ3) is 4.85. The van der Waals surface area contributed by atoms with E-state index in [9.17, 15) is 17.6 Å². The largest absolute Gasteiger partial charge is 0.432 e. The van der Waals surface area contributed by atoms with Gasteiger partial charge in [-0.2, -0.15) is 8.78 Å². The minimum Gasteiger partial charge on any atom is -0.432 e. The van der Waals surface area contributed by atoms with Crippen LogP contribution < -0.4 is 4.74 Å². The van der Waals surface area contributed by atoms with E-state index in [1.54, 1.807) is 18.2 Å². The molecule has 0 aliphatic carbocycles. The number of halogens is 5. The van der Waals surface area contributed by atoms with Crippen LogP contribution in [-0.4, -0.2) is 6.61 Å². The fourth-order valence-corrected chi connectivity index (χ4v) is 3.88. The summed E-state index contributed by atoms with van der Waals surface area (Å²) in [6.45, 7) is -1.05. The first kappa shape index (κ1) is 22.8. The molecule has 0 aliphatic rings. The number of rotatable bonds is 7. The molecule has 0 fully saturated rings. The molecule has 0 amide bonds. The fraction of sp³-hybridized carbons (Fsp3) is 0.185. The monoisotopic (exact) mass is 456 g/mol. The number of hydrogen-bond donors (Lipinski definition) is 0. The molecule has 0 bridgehead atoms. The Morgan fingerprint density at radius 3 is 2.15 bits per heavy atom. The van der Waals surface area contributed by atoms with Crippen LogP contribution in [0.2, 0.25) is 0 Å². The molecule has 4 rings (SSSR count). The maximum Gasteiger partial charge on any atom is 0.387 e. The molecule has 0 saturated carbocycles. The maximum atomic E-state index is 15.2. The molecule has 0 radical (unpaired) electrons. The van der Waals surface area contributed by atoms with Crippen LogP contribution in [0.15, 0.2) is 66.7 Å². The average molecular weight is 456 g/mol. The van der Waals surface area contributed by atoms with E-state index < -0.39 is 29.8 Å². The molecule has 0 unspecified atom stereocenters. The van der Waals surface area contributed by atoms with E-state index in [0.717, 1.165) is 42.3 Å². The quantitative estimate of drug-likeness (QED) is 0.253. The standard InChI is InChI=1S/C27H21F5O/c1-2-3-4-16-5-9-21-17(13-16)7-11-22(26(21)30)19-6-10-20(23(28)14-19)18-8-12-25(24(29)15-18)33-27(31)32/h5-15,27H,2-4H2,1H3. The van der Waals surface area contributed by atoms with Crippen molar-refractivity contribution < 1.29 is 26.7 Å². The third-order valence-electron chi connectivity index (χ3n) is 5.58. The first-order chi connectivity index (χ1) is 15.9. The first-order valence-corrected chi connectivity index (χ1v) is 10.6. The number of fused-ring (bicyclic) bond motifs is 1. The van der Waals surface area contributed by atoms with Crippen molar-refractivity contribution in [3.8, 4) is 28.0 Å². The molecule has 4 aromatic rings. The second-order valence-corrected chi connectivity index (χ2v) is 7.80. The van der Waals surface area contributed by atoms with Crippen molar-refractivity contribution in [2.24, 2.45) is 0 Å². The van der Waals surface area contributed by atoms with Gasteiger partial charge in [0.05, 0.1) is 0 Å². The summed E-state index contributed by atoms with van der Waals surface area (Å²) in [5.41, 5.74) is 1.94. The SMILES string of the molecule is CCCCc1ccc2c(F)c(-c3ccc(-c4ccc(OC(F)F)c(F)c4)c(F)c3)ccc2c1. The van der Waals surface area contributed by atoms with Crippen LogP contribution in [0.25, 0.3) is 33.0 Å². The predicted molar refractivity (Wildman–Crippen MR) is 120 cm³/mol. The van der Waals surface area contributed by atoms with Gasteiger partial charge in [0, 0.05) is 16.5 Å². The summed E-state index contributed by atoms with van der Waals surface area (Å²) < 4.78 is 72.9. The van der Waals surface area contributed by atoms with Gasteiger partial charge in [0.1, 0.15) is 11.6 Å². The summed E-state index contributed by atoms with van der Waals surface area (Å²) in [4.78, 5) is 0. The van der Waals surface area contributed by atoms with Crippen molar-refractivity contribution in [3.05, 3.63) is 89.7 Å². The van der Waals surface area contributed by atoms with Gasteiger partial charge in [0.15, 0.2) is 11.6 Å². The van der Waals surface area contributed by atoms with Crippen LogP contribution in [-0.2, 0) is 6.42 Å². The highest BCUT2D eigenvalue weighted by atomic mass is 19.3. The molecule has 0 aliphatic heterocycles. The van der Waals surface area contributed by atoms with E-state index in [1.807, 2.05) is 18.2 Å². The second kappa shape index (κ2) is 9.61. The number of unbranched alkanes of at least 4 members (excludes halogenated alkanes) is 1. The van der Waals surface area contributed by atoms with Gasteiger partial charge >= 0.3 is 6.61 Å². The predicted octanol–water partition coefficient (Wildman–Crippen LogP) is 8.54. The summed E-state index contributed by atoms with van der Waals surface area (Å²) in [5, 5.41) is 1.23. The van der Waals surface area contributed by atoms with Crippen molar-refractivity contribution in [3.63, 3.8) is 0 Å². The van der Waals surface area contributed by atoms with Gasteiger partial charge in [0.2, 0.25) is 0 Å². The summed E-state index contributed by atoms with van der Waals surface area (Å²) in [5.74, 6) is -2.79. The molecular weight excluding hydrogens is 435 g/mol. The average Bonchev–Trinajstić information content (AvgIpc) is 2.79. The maximum absolute atomic E-state index is 15.2. The smallest absolute Gasteiger partial charge is 0.387 e. The van der Waals surface area contributed by atoms with Crippen molar-refractivity contribution in [1.29, 1.82) is 0 Å². The number of benzene rings is 4. The Morgan fingerprint density at radius 1 is 0.758 bits per heavy atom. The third-order valence-corrected chi connectivity index (χ3v) is 5.58. The second-order valence-electron chi connectivity index (χ2n) is 7.80. The lowest BCUT2D eigenvalue weighted by Gasteiger charge is -2.11. The topological polar surface area (TPSA) is 9.23 Å². The Kier molecular flexibility index (Phi) is 6.63. The lowest BCUT2D eigenvalue weighted by Crippen LogP contribution is -2.03. The van der Waals surface area contributed by atoms with Crippen LogP contribution in [0.4, 0.5) is 22.0 Å². The lowest BCUT2D eigenvalue weighted by molar-refractivity contribution is -0.0521. The van der Waals surface area contributed by atoms with Crippen molar-refractivity contribution in [2.45, 2.75) is 32.8 Å². The van der Waals surface area contributed by atoms with Crippen LogP contribution in [0.1, 0.15) is 25.3 Å². The molecule has 1 nitrogen and oxygen atoms in total. The van der Waals surface area contributed by atoms with Gasteiger partial charge in [-0.05, 0) is 53.1 Å². The molecule has 0 aromatic heterocycles. The normalized spacial score (nSPS) is 11.4. The van der Waals surface area contributed by atoms with E-state index in [-0.39, 0.29) is 16.7 Å². The van der Waals surface area contributed by atoms with Gasteiger partial charge < -0.3 is 4.74 Å². The summed E-state index contributed by atoms with van der Waals surface area (Å²) in [6, 6.07) is 16.4. The zero-order chi connectivity index (χ0) is 23.5. The molecule has 0 N–H and O–H groups in total. The number of alkyl halides is 2. The summed E-state index contributed by atoms with van der Waals surface area (Å²) >= 11 is 0. The first-order valence-electron chi connectivity index (χ1n) is 10.6. The Hall–Kier alpha value is -3.41. The van der Waals surface area contributed by atoms with E-state index in [1.165, 1.54) is 18.2 Å². The highest BCUT2D eigenvalue weighted by Gasteiger charge is 2.15. The molecule has 0 saturated heterocycles. The minimum atomic E-state index is -3.17. The highest BCUT2D eigenvalue weighted by Crippen LogP contribution is 2.34. The van der Waals surface area contributed by atoms with Crippen LogP contribution in [0, 0.1) is 17.5 Å². The Bertz CT molecular complexity index is 1300. The van der Waals surface area contributed by atoms with Gasteiger partial charge in [0.25, 0.3) is 0 Å². The van der Waals surface area contributed by atoms with Crippen LogP contribution >= 0.6 is 0 Å². The molecule has 170 valence electrons. The molecule has 33 heavy (non-hydrogen) atoms. The van der Waals surface area contributed by atoms with Crippen molar-refractivity contribution in [1.82, 2.24) is 0 Å². The lowest BCUT2D eigenvalue weighted by atomic mass is 9.96. The van der Waals surface area contributed by atoms with Gasteiger partial charge in [-0.15, -0.1) is 0 Å². The molecule has 0 atom stereocenters. The Morgan fingerprint density at radius 2 is 1.45 bits per heavy atom. The molecule has 0 heterocycles. The molecule has 4 aromatic carbocycles. The van der Waals surface area contributed by atoms with Gasteiger partial charge in [-0.3, -0.25) is 0 Å². The zero-order valence-electron chi connectivity index (χ0n) is 17.8. The van der Waals surface area contributed by atoms with Crippen molar-refractivity contribution in [2.75, 3.05) is 0 Å². The number of ether oxygens (including phenoxy) is 1. The van der Waals surface area contributed by atoms with E-state index in [4.69, 9.17) is 0 Å². The van der Waals surface area contributed by atoms with E-state index in [0.29, 0.717) is 10.9 Å². The highest BCUT2D eigenvalue weighted by molar-refractivity contribution is 5.89. The summed E-state index contributed by atoms with van der Waals surface area (Å²) in [7, 11) is 0. The minimum absolute atomic E-state index is 0.0583. The van der Waals surface area contributed by atoms with E-state index in [2.05, 4.69) is 11.7 Å². The molecule has 0 spiro atoms. The number of aryl methyl sites for hydroxylation is 1.